The summed E-state index contributed by atoms with van der Waals surface area (Å²) in [5, 5.41) is 2.68. The fourth-order valence-corrected chi connectivity index (χ4v) is 3.71. The molecule has 0 atom stereocenters. The van der Waals surface area contributed by atoms with Gasteiger partial charge in [0.15, 0.2) is 0 Å². The van der Waals surface area contributed by atoms with Crippen LogP contribution in [0, 0.1) is 0 Å². The first-order valence-electron chi connectivity index (χ1n) is 7.39. The van der Waals surface area contributed by atoms with Crippen LogP contribution < -0.4 is 5.56 Å². The van der Waals surface area contributed by atoms with E-state index in [9.17, 15) is 4.79 Å². The Morgan fingerprint density at radius 2 is 2.18 bits per heavy atom. The van der Waals surface area contributed by atoms with Gasteiger partial charge < -0.3 is 0 Å². The van der Waals surface area contributed by atoms with Crippen molar-refractivity contribution in [1.29, 1.82) is 0 Å². The molecule has 5 nitrogen and oxygen atoms in total. The summed E-state index contributed by atoms with van der Waals surface area (Å²) >= 11 is 1.54. The summed E-state index contributed by atoms with van der Waals surface area (Å²) in [6, 6.07) is 5.93. The highest BCUT2D eigenvalue weighted by atomic mass is 32.1. The fraction of sp³-hybridized carbons (Fsp3) is 0.312. The van der Waals surface area contributed by atoms with Crippen molar-refractivity contribution < 1.29 is 0 Å². The monoisotopic (exact) mass is 312 g/mol. The Labute approximate surface area is 131 Å². The summed E-state index contributed by atoms with van der Waals surface area (Å²) in [4.78, 5) is 24.6. The molecule has 6 heteroatoms. The predicted molar refractivity (Wildman–Crippen MR) is 87.1 cm³/mol. The van der Waals surface area contributed by atoms with Crippen molar-refractivity contribution in [3.8, 4) is 0 Å². The van der Waals surface area contributed by atoms with E-state index in [0.717, 1.165) is 42.1 Å². The normalized spacial score (nSPS) is 15.6. The zero-order chi connectivity index (χ0) is 14.9. The first-order valence-corrected chi connectivity index (χ1v) is 8.27. The number of hydrogen-bond acceptors (Lipinski definition) is 5. The lowest BCUT2D eigenvalue weighted by molar-refractivity contribution is 0.271. The van der Waals surface area contributed by atoms with Gasteiger partial charge in [-0.3, -0.25) is 19.2 Å². The van der Waals surface area contributed by atoms with E-state index in [0.29, 0.717) is 6.54 Å². The van der Waals surface area contributed by atoms with Gasteiger partial charge in [-0.25, -0.2) is 4.98 Å². The quantitative estimate of drug-likeness (QED) is 0.725. The van der Waals surface area contributed by atoms with Gasteiger partial charge >= 0.3 is 0 Å². The fourth-order valence-electron chi connectivity index (χ4n) is 2.93. The van der Waals surface area contributed by atoms with Crippen LogP contribution in [0.3, 0.4) is 0 Å². The van der Waals surface area contributed by atoms with Gasteiger partial charge in [-0.2, -0.15) is 0 Å². The lowest BCUT2D eigenvalue weighted by Gasteiger charge is -2.18. The highest BCUT2D eigenvalue weighted by Crippen LogP contribution is 2.17. The molecule has 0 amide bonds. The third-order valence-corrected chi connectivity index (χ3v) is 4.89. The molecule has 112 valence electrons. The molecule has 0 N–H and O–H groups in total. The van der Waals surface area contributed by atoms with Gasteiger partial charge in [-0.05, 0) is 23.1 Å². The lowest BCUT2D eigenvalue weighted by Crippen LogP contribution is -2.28. The largest absolute Gasteiger partial charge is 0.297 e. The van der Waals surface area contributed by atoms with E-state index < -0.39 is 0 Å². The Kier molecular flexibility index (Phi) is 3.48. The second-order valence-electron chi connectivity index (χ2n) is 5.51. The molecular formula is C16H16N4OS. The van der Waals surface area contributed by atoms with E-state index in [1.54, 1.807) is 6.20 Å². The molecule has 4 heterocycles. The summed E-state index contributed by atoms with van der Waals surface area (Å²) in [5.74, 6) is 0.911. The second-order valence-corrected chi connectivity index (χ2v) is 6.41. The minimum Gasteiger partial charge on any atom is -0.297 e. The third kappa shape index (κ3) is 2.44. The van der Waals surface area contributed by atoms with Gasteiger partial charge in [-0.1, -0.05) is 6.07 Å². The molecular weight excluding hydrogens is 296 g/mol. The van der Waals surface area contributed by atoms with Crippen LogP contribution in [-0.4, -0.2) is 32.5 Å². The van der Waals surface area contributed by atoms with E-state index >= 15 is 0 Å². The average Bonchev–Trinajstić information content (AvgIpc) is 2.92. The number of rotatable bonds is 2. The molecule has 0 fully saturated rings. The van der Waals surface area contributed by atoms with Crippen LogP contribution in [0.4, 0.5) is 0 Å². The van der Waals surface area contributed by atoms with Crippen LogP contribution in [0.15, 0.2) is 40.8 Å². The molecule has 3 aromatic rings. The maximum absolute atomic E-state index is 12.6. The van der Waals surface area contributed by atoms with Gasteiger partial charge in [0.05, 0.1) is 5.39 Å². The van der Waals surface area contributed by atoms with Crippen LogP contribution in [0.25, 0.3) is 10.2 Å². The van der Waals surface area contributed by atoms with Crippen molar-refractivity contribution in [3.05, 3.63) is 57.7 Å². The zero-order valence-electron chi connectivity index (χ0n) is 12.1. The highest BCUT2D eigenvalue weighted by Gasteiger charge is 2.18. The summed E-state index contributed by atoms with van der Waals surface area (Å²) < 4.78 is 1.85. The standard InChI is InChI=1S/C16H16N4OS/c21-16-13-4-9-22-15(13)18-14-3-6-19(7-8-20(14)16)11-12-2-1-5-17-10-12/h1-2,4-5,9-10H,3,6-8,11H2. The molecule has 3 aromatic heterocycles. The van der Waals surface area contributed by atoms with Crippen LogP contribution in [0.5, 0.6) is 0 Å². The maximum Gasteiger partial charge on any atom is 0.262 e. The Bertz CT molecular complexity index is 855. The van der Waals surface area contributed by atoms with Crippen LogP contribution >= 0.6 is 11.3 Å². The molecule has 0 aliphatic carbocycles. The van der Waals surface area contributed by atoms with Crippen LogP contribution in [-0.2, 0) is 19.5 Å². The van der Waals surface area contributed by atoms with Gasteiger partial charge in [-0.15, -0.1) is 11.3 Å². The Morgan fingerprint density at radius 3 is 3.05 bits per heavy atom. The third-order valence-electron chi connectivity index (χ3n) is 4.08. The van der Waals surface area contributed by atoms with Crippen molar-refractivity contribution in [2.24, 2.45) is 0 Å². The van der Waals surface area contributed by atoms with Crippen molar-refractivity contribution in [3.63, 3.8) is 0 Å². The number of aromatic nitrogens is 3. The van der Waals surface area contributed by atoms with E-state index in [2.05, 4.69) is 20.9 Å². The summed E-state index contributed by atoms with van der Waals surface area (Å²) in [6.45, 7) is 3.34. The number of fused-ring (bicyclic) bond motifs is 2. The minimum absolute atomic E-state index is 0.101. The summed E-state index contributed by atoms with van der Waals surface area (Å²) in [5.41, 5.74) is 1.30. The molecule has 1 aliphatic rings. The molecule has 0 unspecified atom stereocenters. The summed E-state index contributed by atoms with van der Waals surface area (Å²) in [7, 11) is 0. The predicted octanol–water partition coefficient (Wildman–Crippen LogP) is 1.91. The summed E-state index contributed by atoms with van der Waals surface area (Å²) in [6.07, 6.45) is 4.50. The molecule has 22 heavy (non-hydrogen) atoms. The minimum atomic E-state index is 0.101. The molecule has 4 rings (SSSR count). The maximum atomic E-state index is 12.6. The SMILES string of the molecule is O=c1c2ccsc2nc2n1CCN(Cc1cccnc1)CC2. The van der Waals surface area contributed by atoms with Crippen molar-refractivity contribution in [1.82, 2.24) is 19.4 Å². The first-order chi connectivity index (χ1) is 10.8. The Balaban J connectivity index is 1.60. The molecule has 0 saturated carbocycles. The molecule has 1 aliphatic heterocycles. The van der Waals surface area contributed by atoms with Crippen molar-refractivity contribution >= 4 is 21.6 Å². The van der Waals surface area contributed by atoms with Crippen LogP contribution in [0.1, 0.15) is 11.4 Å². The van der Waals surface area contributed by atoms with E-state index in [-0.39, 0.29) is 5.56 Å². The van der Waals surface area contributed by atoms with Crippen molar-refractivity contribution in [2.45, 2.75) is 19.5 Å². The number of pyridine rings is 1. The van der Waals surface area contributed by atoms with Gasteiger partial charge in [0.1, 0.15) is 10.7 Å². The molecule has 0 radical (unpaired) electrons. The topological polar surface area (TPSA) is 51.0 Å². The second kappa shape index (κ2) is 5.62. The van der Waals surface area contributed by atoms with E-state index in [4.69, 9.17) is 0 Å². The zero-order valence-corrected chi connectivity index (χ0v) is 12.9. The first kappa shape index (κ1) is 13.6. The van der Waals surface area contributed by atoms with Gasteiger partial charge in [0.2, 0.25) is 0 Å². The number of hydrogen-bond donors (Lipinski definition) is 0. The molecule has 0 spiro atoms. The smallest absolute Gasteiger partial charge is 0.262 e. The van der Waals surface area contributed by atoms with E-state index in [1.807, 2.05) is 28.3 Å². The van der Waals surface area contributed by atoms with Crippen LogP contribution in [0.2, 0.25) is 0 Å². The number of thiophene rings is 1. The van der Waals surface area contributed by atoms with Crippen molar-refractivity contribution in [2.75, 3.05) is 13.1 Å². The Morgan fingerprint density at radius 1 is 1.23 bits per heavy atom. The van der Waals surface area contributed by atoms with Gasteiger partial charge in [0.25, 0.3) is 5.56 Å². The van der Waals surface area contributed by atoms with Gasteiger partial charge in [0, 0.05) is 45.0 Å². The highest BCUT2D eigenvalue weighted by molar-refractivity contribution is 7.16. The average molecular weight is 312 g/mol. The molecule has 0 bridgehead atoms. The molecule has 0 saturated heterocycles. The van der Waals surface area contributed by atoms with E-state index in [1.165, 1.54) is 16.9 Å². The lowest BCUT2D eigenvalue weighted by atomic mass is 10.2. The molecule has 0 aromatic carbocycles. The number of nitrogens with zero attached hydrogens (tertiary/aromatic N) is 4. The Hall–Kier alpha value is -2.05.